The van der Waals surface area contributed by atoms with E-state index in [-0.39, 0.29) is 17.1 Å². The number of para-hydroxylation sites is 1. The summed E-state index contributed by atoms with van der Waals surface area (Å²) in [6.07, 6.45) is 2.39. The molecule has 0 unspecified atom stereocenters. The molecule has 0 atom stereocenters. The van der Waals surface area contributed by atoms with Crippen molar-refractivity contribution in [2.45, 2.75) is 37.9 Å². The van der Waals surface area contributed by atoms with E-state index in [0.29, 0.717) is 22.1 Å². The van der Waals surface area contributed by atoms with Gasteiger partial charge in [-0.15, -0.1) is 0 Å². The lowest BCUT2D eigenvalue weighted by Gasteiger charge is -2.09. The molecule has 1 saturated carbocycles. The molecule has 4 rings (SSSR count). The van der Waals surface area contributed by atoms with Gasteiger partial charge in [-0.25, -0.2) is 4.98 Å². The van der Waals surface area contributed by atoms with Crippen molar-refractivity contribution in [3.8, 4) is 0 Å². The number of rotatable bonds is 5. The zero-order valence-electron chi connectivity index (χ0n) is 15.2. The lowest BCUT2D eigenvalue weighted by Crippen LogP contribution is -2.20. The van der Waals surface area contributed by atoms with Crippen LogP contribution in [0, 0.1) is 13.8 Å². The minimum Gasteiger partial charge on any atom is -0.345 e. The molecule has 0 amide bonds. The Hall–Kier alpha value is -2.34. The second-order valence-electron chi connectivity index (χ2n) is 6.87. The van der Waals surface area contributed by atoms with Gasteiger partial charge < -0.3 is 4.57 Å². The van der Waals surface area contributed by atoms with Crippen LogP contribution in [0.1, 0.15) is 40.6 Å². The zero-order chi connectivity index (χ0) is 18.4. The van der Waals surface area contributed by atoms with Crippen LogP contribution in [-0.4, -0.2) is 25.7 Å². The predicted molar refractivity (Wildman–Crippen MR) is 104 cm³/mol. The van der Waals surface area contributed by atoms with Gasteiger partial charge in [0, 0.05) is 30.0 Å². The first-order valence-corrected chi connectivity index (χ1v) is 9.76. The highest BCUT2D eigenvalue weighted by atomic mass is 32.2. The fourth-order valence-electron chi connectivity index (χ4n) is 3.49. The molecule has 6 heteroatoms. The Kier molecular flexibility index (Phi) is 4.23. The fraction of sp³-hybridized carbons (Fsp3) is 0.350. The molecular formula is C20H21N3O2S. The molecule has 26 heavy (non-hydrogen) atoms. The van der Waals surface area contributed by atoms with Crippen molar-refractivity contribution in [3.63, 3.8) is 0 Å². The topological polar surface area (TPSA) is 56.9 Å². The number of Topliss-reactive ketones (excluding diaryl/α,β-unsaturated/α-hetero) is 1. The van der Waals surface area contributed by atoms with Gasteiger partial charge in [-0.05, 0) is 44.9 Å². The second kappa shape index (κ2) is 6.43. The predicted octanol–water partition coefficient (Wildman–Crippen LogP) is 3.66. The smallest absolute Gasteiger partial charge is 0.261 e. The van der Waals surface area contributed by atoms with Crippen molar-refractivity contribution in [2.24, 2.45) is 7.05 Å². The van der Waals surface area contributed by atoms with Crippen LogP contribution in [0.15, 0.2) is 40.3 Å². The van der Waals surface area contributed by atoms with Crippen LogP contribution in [0.5, 0.6) is 0 Å². The van der Waals surface area contributed by atoms with Crippen molar-refractivity contribution < 1.29 is 4.79 Å². The number of aromatic nitrogens is 3. The Labute approximate surface area is 156 Å². The highest BCUT2D eigenvalue weighted by Crippen LogP contribution is 2.38. The summed E-state index contributed by atoms with van der Waals surface area (Å²) < 4.78 is 3.80. The van der Waals surface area contributed by atoms with Crippen LogP contribution >= 0.6 is 11.8 Å². The van der Waals surface area contributed by atoms with E-state index in [9.17, 15) is 9.59 Å². The minimum atomic E-state index is -0.0857. The summed E-state index contributed by atoms with van der Waals surface area (Å²) in [5.41, 5.74) is 3.56. The molecule has 1 aliphatic rings. The summed E-state index contributed by atoms with van der Waals surface area (Å²) in [5, 5.41) is 1.16. The first-order valence-electron chi connectivity index (χ1n) is 8.77. The third-order valence-corrected chi connectivity index (χ3v) is 6.00. The summed E-state index contributed by atoms with van der Waals surface area (Å²) in [5.74, 6) is 0.352. The second-order valence-corrected chi connectivity index (χ2v) is 7.82. The van der Waals surface area contributed by atoms with Gasteiger partial charge in [-0.1, -0.05) is 23.9 Å². The van der Waals surface area contributed by atoms with E-state index in [1.54, 1.807) is 13.1 Å². The van der Waals surface area contributed by atoms with Gasteiger partial charge in [0.1, 0.15) is 0 Å². The summed E-state index contributed by atoms with van der Waals surface area (Å²) in [6.45, 7) is 4.08. The lowest BCUT2D eigenvalue weighted by molar-refractivity contribution is 0.102. The average molecular weight is 367 g/mol. The molecule has 0 spiro atoms. The minimum absolute atomic E-state index is 0.0809. The molecule has 2 heterocycles. The standard InChI is InChI=1S/C20H21N3O2S/c1-12-10-16(13(2)23(12)14-8-9-14)18(24)11-26-20-21-17-7-5-4-6-15(17)19(25)22(20)3/h4-7,10,14H,8-9,11H2,1-3H3. The number of ketones is 1. The summed E-state index contributed by atoms with van der Waals surface area (Å²) >= 11 is 1.32. The normalized spacial score (nSPS) is 14.1. The van der Waals surface area contributed by atoms with E-state index in [1.807, 2.05) is 31.2 Å². The molecule has 0 N–H and O–H groups in total. The molecule has 1 aliphatic carbocycles. The lowest BCUT2D eigenvalue weighted by atomic mass is 10.2. The van der Waals surface area contributed by atoms with Gasteiger partial charge in [0.15, 0.2) is 10.9 Å². The van der Waals surface area contributed by atoms with E-state index >= 15 is 0 Å². The molecule has 2 aromatic heterocycles. The molecule has 0 radical (unpaired) electrons. The number of nitrogens with zero attached hydrogens (tertiary/aromatic N) is 3. The number of aryl methyl sites for hydroxylation is 1. The van der Waals surface area contributed by atoms with Crippen molar-refractivity contribution in [3.05, 3.63) is 57.6 Å². The van der Waals surface area contributed by atoms with E-state index < -0.39 is 0 Å². The zero-order valence-corrected chi connectivity index (χ0v) is 16.0. The van der Waals surface area contributed by atoms with Gasteiger partial charge in [0.25, 0.3) is 5.56 Å². The molecule has 134 valence electrons. The fourth-order valence-corrected chi connectivity index (χ4v) is 4.34. The van der Waals surface area contributed by atoms with E-state index in [4.69, 9.17) is 0 Å². The monoisotopic (exact) mass is 367 g/mol. The Balaban J connectivity index is 1.59. The van der Waals surface area contributed by atoms with Crippen LogP contribution in [0.3, 0.4) is 0 Å². The number of carbonyl (C=O) groups is 1. The molecule has 0 bridgehead atoms. The quantitative estimate of drug-likeness (QED) is 0.392. The number of fused-ring (bicyclic) bond motifs is 1. The Morgan fingerprint density at radius 2 is 2.00 bits per heavy atom. The summed E-state index contributed by atoms with van der Waals surface area (Å²) in [4.78, 5) is 29.8. The number of carbonyl (C=O) groups excluding carboxylic acids is 1. The molecule has 1 fully saturated rings. The van der Waals surface area contributed by atoms with E-state index in [1.165, 1.54) is 29.2 Å². The average Bonchev–Trinajstić information content (AvgIpc) is 3.41. The van der Waals surface area contributed by atoms with Gasteiger partial charge in [-0.3, -0.25) is 14.2 Å². The van der Waals surface area contributed by atoms with Crippen LogP contribution < -0.4 is 5.56 Å². The first kappa shape index (κ1) is 17.1. The summed E-state index contributed by atoms with van der Waals surface area (Å²) in [7, 11) is 1.70. The Morgan fingerprint density at radius 3 is 2.73 bits per heavy atom. The van der Waals surface area contributed by atoms with Crippen LogP contribution in [-0.2, 0) is 7.05 Å². The largest absolute Gasteiger partial charge is 0.345 e. The number of hydrogen-bond donors (Lipinski definition) is 0. The highest BCUT2D eigenvalue weighted by molar-refractivity contribution is 7.99. The third kappa shape index (κ3) is 2.88. The SMILES string of the molecule is Cc1cc(C(=O)CSc2nc3ccccc3c(=O)n2C)c(C)n1C1CC1. The maximum Gasteiger partial charge on any atom is 0.261 e. The van der Waals surface area contributed by atoms with Gasteiger partial charge in [0.2, 0.25) is 0 Å². The van der Waals surface area contributed by atoms with E-state index in [0.717, 1.165) is 17.0 Å². The van der Waals surface area contributed by atoms with Gasteiger partial charge >= 0.3 is 0 Å². The first-order chi connectivity index (χ1) is 12.5. The molecule has 0 aliphatic heterocycles. The number of benzene rings is 1. The third-order valence-electron chi connectivity index (χ3n) is 4.97. The maximum absolute atomic E-state index is 12.8. The Bertz CT molecular complexity index is 1080. The van der Waals surface area contributed by atoms with Gasteiger partial charge in [-0.2, -0.15) is 0 Å². The van der Waals surface area contributed by atoms with Gasteiger partial charge in [0.05, 0.1) is 16.7 Å². The molecule has 3 aromatic rings. The highest BCUT2D eigenvalue weighted by Gasteiger charge is 2.28. The van der Waals surface area contributed by atoms with Crippen molar-refractivity contribution in [2.75, 3.05) is 5.75 Å². The molecular weight excluding hydrogens is 346 g/mol. The molecule has 5 nitrogen and oxygen atoms in total. The Morgan fingerprint density at radius 1 is 1.27 bits per heavy atom. The summed E-state index contributed by atoms with van der Waals surface area (Å²) in [6, 6.07) is 9.84. The van der Waals surface area contributed by atoms with Crippen LogP contribution in [0.2, 0.25) is 0 Å². The molecule has 0 saturated heterocycles. The van der Waals surface area contributed by atoms with Crippen molar-refractivity contribution in [1.29, 1.82) is 0 Å². The van der Waals surface area contributed by atoms with Crippen molar-refractivity contribution >= 4 is 28.4 Å². The number of hydrogen-bond acceptors (Lipinski definition) is 4. The van der Waals surface area contributed by atoms with Crippen molar-refractivity contribution in [1.82, 2.24) is 14.1 Å². The van der Waals surface area contributed by atoms with Crippen LogP contribution in [0.4, 0.5) is 0 Å². The maximum atomic E-state index is 12.8. The van der Waals surface area contributed by atoms with Crippen LogP contribution in [0.25, 0.3) is 10.9 Å². The van der Waals surface area contributed by atoms with E-state index in [2.05, 4.69) is 16.5 Å². The molecule has 1 aromatic carbocycles. The number of thioether (sulfide) groups is 1.